The highest BCUT2D eigenvalue weighted by Gasteiger charge is 2.25. The third kappa shape index (κ3) is 5.11. The molecule has 138 valence electrons. The Balaban J connectivity index is 1.84. The van der Waals surface area contributed by atoms with Crippen molar-refractivity contribution in [3.05, 3.63) is 23.8 Å². The van der Waals surface area contributed by atoms with Crippen LogP contribution in [-0.2, 0) is 16.0 Å². The Morgan fingerprint density at radius 1 is 1.16 bits per heavy atom. The first-order valence-electron chi connectivity index (χ1n) is 8.73. The second-order valence-corrected chi connectivity index (χ2v) is 6.69. The number of hydrogen-bond donors (Lipinski definition) is 1. The molecule has 1 fully saturated rings. The maximum absolute atomic E-state index is 12.3. The number of methoxy groups -OCH3 is 2. The lowest BCUT2D eigenvalue weighted by Crippen LogP contribution is -2.47. The van der Waals surface area contributed by atoms with Gasteiger partial charge in [-0.1, -0.05) is 19.9 Å². The number of rotatable bonds is 6. The van der Waals surface area contributed by atoms with Crippen LogP contribution in [0, 0.1) is 5.92 Å². The second kappa shape index (κ2) is 8.74. The van der Waals surface area contributed by atoms with Gasteiger partial charge in [0.1, 0.15) is 0 Å². The summed E-state index contributed by atoms with van der Waals surface area (Å²) < 4.78 is 10.5. The molecule has 1 aliphatic rings. The Morgan fingerprint density at radius 3 is 2.36 bits per heavy atom. The molecule has 6 nitrogen and oxygen atoms in total. The molecule has 0 aromatic heterocycles. The van der Waals surface area contributed by atoms with Gasteiger partial charge in [0.05, 0.1) is 20.6 Å². The van der Waals surface area contributed by atoms with Crippen LogP contribution in [0.15, 0.2) is 18.2 Å². The number of ether oxygens (including phenoxy) is 2. The summed E-state index contributed by atoms with van der Waals surface area (Å²) in [6.45, 7) is 5.25. The molecule has 2 amide bonds. The van der Waals surface area contributed by atoms with Crippen molar-refractivity contribution in [1.82, 2.24) is 10.2 Å². The minimum Gasteiger partial charge on any atom is -0.493 e. The Bertz CT molecular complexity index is 607. The molecule has 1 heterocycles. The number of nitrogens with zero attached hydrogens (tertiary/aromatic N) is 1. The first kappa shape index (κ1) is 19.1. The minimum absolute atomic E-state index is 0.0131. The molecule has 1 aromatic carbocycles. The second-order valence-electron chi connectivity index (χ2n) is 6.69. The molecule has 0 unspecified atom stereocenters. The predicted octanol–water partition coefficient (Wildman–Crippen LogP) is 2.01. The molecule has 1 saturated heterocycles. The lowest BCUT2D eigenvalue weighted by Gasteiger charge is -2.33. The van der Waals surface area contributed by atoms with Crippen LogP contribution in [0.1, 0.15) is 32.3 Å². The summed E-state index contributed by atoms with van der Waals surface area (Å²) in [6.07, 6.45) is 1.90. The van der Waals surface area contributed by atoms with Gasteiger partial charge >= 0.3 is 0 Å². The summed E-state index contributed by atoms with van der Waals surface area (Å²) in [5, 5.41) is 3.07. The summed E-state index contributed by atoms with van der Waals surface area (Å²) in [7, 11) is 3.16. The number of likely N-dealkylation sites (tertiary alicyclic amines) is 1. The fraction of sp³-hybridized carbons (Fsp3) is 0.579. The highest BCUT2D eigenvalue weighted by molar-refractivity contribution is 5.79. The van der Waals surface area contributed by atoms with Gasteiger partial charge in [-0.15, -0.1) is 0 Å². The molecule has 0 radical (unpaired) electrons. The third-order valence-corrected chi connectivity index (χ3v) is 4.48. The van der Waals surface area contributed by atoms with Crippen molar-refractivity contribution < 1.29 is 19.1 Å². The van der Waals surface area contributed by atoms with E-state index in [1.807, 2.05) is 30.9 Å². The molecule has 0 spiro atoms. The van der Waals surface area contributed by atoms with Crippen LogP contribution in [0.5, 0.6) is 11.5 Å². The van der Waals surface area contributed by atoms with Gasteiger partial charge in [-0.05, 0) is 30.5 Å². The van der Waals surface area contributed by atoms with Gasteiger partial charge in [0.2, 0.25) is 11.8 Å². The third-order valence-electron chi connectivity index (χ3n) is 4.48. The zero-order chi connectivity index (χ0) is 18.4. The average molecular weight is 348 g/mol. The van der Waals surface area contributed by atoms with Crippen molar-refractivity contribution in [3.63, 3.8) is 0 Å². The number of carbonyl (C=O) groups is 2. The van der Waals surface area contributed by atoms with Gasteiger partial charge in [-0.3, -0.25) is 9.59 Å². The van der Waals surface area contributed by atoms with Crippen LogP contribution in [-0.4, -0.2) is 50.1 Å². The fourth-order valence-electron chi connectivity index (χ4n) is 3.06. The molecule has 6 heteroatoms. The van der Waals surface area contributed by atoms with Crippen molar-refractivity contribution in [2.45, 2.75) is 39.2 Å². The number of carbonyl (C=O) groups excluding carboxylic acids is 2. The van der Waals surface area contributed by atoms with Crippen LogP contribution >= 0.6 is 0 Å². The van der Waals surface area contributed by atoms with Crippen LogP contribution in [0.25, 0.3) is 0 Å². The minimum atomic E-state index is -0.0131. The summed E-state index contributed by atoms with van der Waals surface area (Å²) in [5.41, 5.74) is 0.877. The molecule has 0 saturated carbocycles. The molecule has 0 aliphatic carbocycles. The molecule has 0 atom stereocenters. The van der Waals surface area contributed by atoms with E-state index in [0.29, 0.717) is 31.0 Å². The monoisotopic (exact) mass is 348 g/mol. The largest absolute Gasteiger partial charge is 0.493 e. The van der Waals surface area contributed by atoms with Gasteiger partial charge in [0.25, 0.3) is 0 Å². The van der Waals surface area contributed by atoms with E-state index >= 15 is 0 Å². The lowest BCUT2D eigenvalue weighted by atomic mass is 10.0. The predicted molar refractivity (Wildman–Crippen MR) is 95.8 cm³/mol. The molecule has 1 N–H and O–H groups in total. The molecular weight excluding hydrogens is 320 g/mol. The number of nitrogens with one attached hydrogen (secondary N) is 1. The molecule has 2 rings (SSSR count). The zero-order valence-corrected chi connectivity index (χ0v) is 15.5. The van der Waals surface area contributed by atoms with Crippen molar-refractivity contribution in [2.24, 2.45) is 5.92 Å². The van der Waals surface area contributed by atoms with E-state index in [4.69, 9.17) is 9.47 Å². The SMILES string of the molecule is COc1ccc(CC(=O)NC2CCN(C(=O)C(C)C)CC2)cc1OC. The van der Waals surface area contributed by atoms with Crippen LogP contribution < -0.4 is 14.8 Å². The van der Waals surface area contributed by atoms with Crippen molar-refractivity contribution in [2.75, 3.05) is 27.3 Å². The van der Waals surface area contributed by atoms with Crippen molar-refractivity contribution >= 4 is 11.8 Å². The Kier molecular flexibility index (Phi) is 6.67. The summed E-state index contributed by atoms with van der Waals surface area (Å²) >= 11 is 0. The maximum atomic E-state index is 12.3. The number of amides is 2. The van der Waals surface area contributed by atoms with Gasteiger partial charge < -0.3 is 19.7 Å². The van der Waals surface area contributed by atoms with Crippen molar-refractivity contribution in [1.29, 1.82) is 0 Å². The van der Waals surface area contributed by atoms with Crippen molar-refractivity contribution in [3.8, 4) is 11.5 Å². The van der Waals surface area contributed by atoms with Crippen LogP contribution in [0.4, 0.5) is 0 Å². The van der Waals surface area contributed by atoms with Gasteiger partial charge in [-0.25, -0.2) is 0 Å². The molecule has 0 bridgehead atoms. The van der Waals surface area contributed by atoms with E-state index in [-0.39, 0.29) is 23.8 Å². The van der Waals surface area contributed by atoms with E-state index < -0.39 is 0 Å². The van der Waals surface area contributed by atoms with E-state index in [2.05, 4.69) is 5.32 Å². The van der Waals surface area contributed by atoms with Crippen LogP contribution in [0.2, 0.25) is 0 Å². The molecule has 1 aliphatic heterocycles. The average Bonchev–Trinajstić information content (AvgIpc) is 2.61. The summed E-state index contributed by atoms with van der Waals surface area (Å²) in [4.78, 5) is 26.2. The zero-order valence-electron chi connectivity index (χ0n) is 15.5. The van der Waals surface area contributed by atoms with E-state index in [0.717, 1.165) is 18.4 Å². The Morgan fingerprint density at radius 2 is 1.80 bits per heavy atom. The molecular formula is C19H28N2O4. The number of piperidine rings is 1. The quantitative estimate of drug-likeness (QED) is 0.854. The smallest absolute Gasteiger partial charge is 0.225 e. The van der Waals surface area contributed by atoms with Crippen LogP contribution in [0.3, 0.4) is 0 Å². The van der Waals surface area contributed by atoms with Gasteiger partial charge in [0.15, 0.2) is 11.5 Å². The van der Waals surface area contributed by atoms with Gasteiger partial charge in [-0.2, -0.15) is 0 Å². The molecule has 1 aromatic rings. The first-order chi connectivity index (χ1) is 11.9. The first-order valence-corrected chi connectivity index (χ1v) is 8.73. The topological polar surface area (TPSA) is 67.9 Å². The summed E-state index contributed by atoms with van der Waals surface area (Å²) in [5.74, 6) is 1.47. The highest BCUT2D eigenvalue weighted by Crippen LogP contribution is 2.27. The normalized spacial score (nSPS) is 15.2. The number of hydrogen-bond acceptors (Lipinski definition) is 4. The summed E-state index contributed by atoms with van der Waals surface area (Å²) in [6, 6.07) is 5.62. The van der Waals surface area contributed by atoms with E-state index in [1.54, 1.807) is 20.3 Å². The Labute approximate surface area is 149 Å². The number of benzene rings is 1. The van der Waals surface area contributed by atoms with Gasteiger partial charge in [0, 0.05) is 25.0 Å². The standard InChI is InChI=1S/C19H28N2O4/c1-13(2)19(23)21-9-7-15(8-10-21)20-18(22)12-14-5-6-16(24-3)17(11-14)25-4/h5-6,11,13,15H,7-10,12H2,1-4H3,(H,20,22). The Hall–Kier alpha value is -2.24. The van der Waals surface area contributed by atoms with E-state index in [9.17, 15) is 9.59 Å². The van der Waals surface area contributed by atoms with E-state index in [1.165, 1.54) is 0 Å². The highest BCUT2D eigenvalue weighted by atomic mass is 16.5. The lowest BCUT2D eigenvalue weighted by molar-refractivity contribution is -0.135. The fourth-order valence-corrected chi connectivity index (χ4v) is 3.06. The maximum Gasteiger partial charge on any atom is 0.225 e. The molecule has 25 heavy (non-hydrogen) atoms.